The normalized spacial score (nSPS) is 16.6. The second kappa shape index (κ2) is 8.05. The van der Waals surface area contributed by atoms with Crippen LogP contribution in [0.25, 0.3) is 0 Å². The number of hydrogen-bond acceptors (Lipinski definition) is 3. The lowest BCUT2D eigenvalue weighted by molar-refractivity contribution is -0.124. The monoisotopic (exact) mass is 400 g/mol. The van der Waals surface area contributed by atoms with Crippen LogP contribution in [0.1, 0.15) is 50.8 Å². The summed E-state index contributed by atoms with van der Waals surface area (Å²) < 4.78 is 26.6. The summed E-state index contributed by atoms with van der Waals surface area (Å²) in [4.78, 5) is 13.2. The van der Waals surface area contributed by atoms with Crippen LogP contribution in [0.15, 0.2) is 59.5 Å². The number of sulfonamides is 1. The first-order chi connectivity index (χ1) is 13.3. The summed E-state index contributed by atoms with van der Waals surface area (Å²) in [6.45, 7) is 6.46. The third kappa shape index (κ3) is 3.84. The highest BCUT2D eigenvalue weighted by molar-refractivity contribution is 7.89. The smallest absolute Gasteiger partial charge is 0.243 e. The summed E-state index contributed by atoms with van der Waals surface area (Å²) in [6, 6.07) is 16.5. The molecule has 0 aliphatic heterocycles. The Balaban J connectivity index is 1.72. The Morgan fingerprint density at radius 3 is 2.11 bits per heavy atom. The van der Waals surface area contributed by atoms with Crippen LogP contribution in [0.4, 0.5) is 0 Å². The van der Waals surface area contributed by atoms with Gasteiger partial charge in [0.1, 0.15) is 0 Å². The Morgan fingerprint density at radius 1 is 1.04 bits per heavy atom. The Bertz CT molecular complexity index is 916. The lowest BCUT2D eigenvalue weighted by atomic mass is 9.94. The van der Waals surface area contributed by atoms with E-state index in [4.69, 9.17) is 0 Å². The predicted octanol–water partition coefficient (Wildman–Crippen LogP) is 3.63. The fraction of sp³-hybridized carbons (Fsp3) is 0.409. The average Bonchev–Trinajstić information content (AvgIpc) is 3.51. The summed E-state index contributed by atoms with van der Waals surface area (Å²) in [5.74, 6) is 0.0334. The molecule has 1 amide bonds. The van der Waals surface area contributed by atoms with Crippen molar-refractivity contribution in [2.24, 2.45) is 0 Å². The zero-order chi connectivity index (χ0) is 20.4. The Morgan fingerprint density at radius 2 is 1.61 bits per heavy atom. The van der Waals surface area contributed by atoms with E-state index in [0.29, 0.717) is 13.1 Å². The van der Waals surface area contributed by atoms with Gasteiger partial charge >= 0.3 is 0 Å². The number of carbonyl (C=O) groups excluding carboxylic acids is 1. The van der Waals surface area contributed by atoms with Gasteiger partial charge < -0.3 is 5.32 Å². The minimum atomic E-state index is -3.47. The maximum Gasteiger partial charge on any atom is 0.243 e. The first kappa shape index (κ1) is 20.6. The largest absolute Gasteiger partial charge is 0.349 e. The fourth-order valence-electron chi connectivity index (χ4n) is 3.59. The number of amides is 1. The maximum atomic E-state index is 12.9. The van der Waals surface area contributed by atoms with E-state index in [1.807, 2.05) is 51.1 Å². The minimum absolute atomic E-state index is 0.0334. The van der Waals surface area contributed by atoms with Crippen LogP contribution in [0.5, 0.6) is 0 Å². The molecule has 1 N–H and O–H groups in total. The summed E-state index contributed by atoms with van der Waals surface area (Å²) in [5, 5.41) is 3.10. The van der Waals surface area contributed by atoms with Gasteiger partial charge in [0.2, 0.25) is 15.9 Å². The molecule has 1 aliphatic carbocycles. The fourth-order valence-corrected chi connectivity index (χ4v) is 5.05. The van der Waals surface area contributed by atoms with Gasteiger partial charge in [-0.2, -0.15) is 4.31 Å². The molecule has 3 rings (SSSR count). The van der Waals surface area contributed by atoms with Crippen molar-refractivity contribution in [2.45, 2.75) is 50.0 Å². The van der Waals surface area contributed by atoms with E-state index in [2.05, 4.69) is 5.32 Å². The van der Waals surface area contributed by atoms with Gasteiger partial charge in [0.25, 0.3) is 0 Å². The van der Waals surface area contributed by atoms with E-state index in [9.17, 15) is 13.2 Å². The number of rotatable bonds is 8. The van der Waals surface area contributed by atoms with Crippen molar-refractivity contribution in [1.82, 2.24) is 9.62 Å². The number of nitrogens with zero attached hydrogens (tertiary/aromatic N) is 1. The van der Waals surface area contributed by atoms with Crippen LogP contribution in [-0.4, -0.2) is 31.7 Å². The van der Waals surface area contributed by atoms with Crippen molar-refractivity contribution in [3.63, 3.8) is 0 Å². The molecule has 2 aromatic carbocycles. The molecule has 1 fully saturated rings. The summed E-state index contributed by atoms with van der Waals surface area (Å²) >= 11 is 0. The van der Waals surface area contributed by atoms with Crippen molar-refractivity contribution in [3.8, 4) is 0 Å². The van der Waals surface area contributed by atoms with E-state index in [0.717, 1.165) is 24.0 Å². The highest BCUT2D eigenvalue weighted by atomic mass is 32.2. The van der Waals surface area contributed by atoms with Gasteiger partial charge in [0, 0.05) is 13.1 Å². The quantitative estimate of drug-likeness (QED) is 0.736. The standard InChI is InChI=1S/C22H28N2O3S/c1-4-24(5-2)28(26,27)20-13-11-18(12-14-20)17(3)23-21(25)22(15-16-22)19-9-7-6-8-10-19/h6-14,17H,4-5,15-16H2,1-3H3,(H,23,25). The topological polar surface area (TPSA) is 66.5 Å². The molecule has 0 saturated heterocycles. The molecule has 28 heavy (non-hydrogen) atoms. The second-order valence-electron chi connectivity index (χ2n) is 7.30. The highest BCUT2D eigenvalue weighted by Crippen LogP contribution is 2.48. The van der Waals surface area contributed by atoms with Crippen LogP contribution in [-0.2, 0) is 20.2 Å². The van der Waals surface area contributed by atoms with Crippen LogP contribution in [0.2, 0.25) is 0 Å². The van der Waals surface area contributed by atoms with Crippen molar-refractivity contribution < 1.29 is 13.2 Å². The summed E-state index contributed by atoms with van der Waals surface area (Å²) in [5.41, 5.74) is 1.53. The molecule has 1 aliphatic rings. The third-order valence-electron chi connectivity index (χ3n) is 5.58. The van der Waals surface area contributed by atoms with E-state index in [-0.39, 0.29) is 16.8 Å². The van der Waals surface area contributed by atoms with Crippen molar-refractivity contribution in [3.05, 3.63) is 65.7 Å². The molecular weight excluding hydrogens is 372 g/mol. The van der Waals surface area contributed by atoms with Gasteiger partial charge in [0.15, 0.2) is 0 Å². The SMILES string of the molecule is CCN(CC)S(=O)(=O)c1ccc(C(C)NC(=O)C2(c3ccccc3)CC2)cc1. The zero-order valence-corrected chi connectivity index (χ0v) is 17.5. The van der Waals surface area contributed by atoms with E-state index >= 15 is 0 Å². The Labute approximate surface area is 167 Å². The second-order valence-corrected chi connectivity index (χ2v) is 9.24. The molecule has 6 heteroatoms. The molecule has 1 unspecified atom stereocenters. The first-order valence-electron chi connectivity index (χ1n) is 9.81. The van der Waals surface area contributed by atoms with Gasteiger partial charge in [-0.15, -0.1) is 0 Å². The zero-order valence-electron chi connectivity index (χ0n) is 16.7. The van der Waals surface area contributed by atoms with Crippen LogP contribution in [0.3, 0.4) is 0 Å². The molecule has 1 atom stereocenters. The number of carbonyl (C=O) groups is 1. The van der Waals surface area contributed by atoms with Gasteiger partial charge in [-0.25, -0.2) is 8.42 Å². The summed E-state index contributed by atoms with van der Waals surface area (Å²) in [7, 11) is -3.47. The minimum Gasteiger partial charge on any atom is -0.349 e. The van der Waals surface area contributed by atoms with E-state index in [1.165, 1.54) is 4.31 Å². The molecule has 0 aromatic heterocycles. The molecule has 2 aromatic rings. The number of nitrogens with one attached hydrogen (secondary N) is 1. The summed E-state index contributed by atoms with van der Waals surface area (Å²) in [6.07, 6.45) is 1.72. The molecule has 5 nitrogen and oxygen atoms in total. The van der Waals surface area contributed by atoms with Gasteiger partial charge in [-0.3, -0.25) is 4.79 Å². The van der Waals surface area contributed by atoms with Crippen molar-refractivity contribution >= 4 is 15.9 Å². The van der Waals surface area contributed by atoms with Crippen LogP contribution < -0.4 is 5.32 Å². The molecule has 0 spiro atoms. The highest BCUT2D eigenvalue weighted by Gasteiger charge is 2.51. The van der Waals surface area contributed by atoms with E-state index in [1.54, 1.807) is 24.3 Å². The van der Waals surface area contributed by atoms with Crippen LogP contribution >= 0.6 is 0 Å². The molecule has 1 saturated carbocycles. The number of benzene rings is 2. The lowest BCUT2D eigenvalue weighted by Crippen LogP contribution is -2.36. The molecule has 0 heterocycles. The van der Waals surface area contributed by atoms with Gasteiger partial charge in [-0.1, -0.05) is 56.3 Å². The Hall–Kier alpha value is -2.18. The predicted molar refractivity (Wildman–Crippen MR) is 110 cm³/mol. The van der Waals surface area contributed by atoms with Crippen LogP contribution in [0, 0.1) is 0 Å². The number of hydrogen-bond donors (Lipinski definition) is 1. The van der Waals surface area contributed by atoms with E-state index < -0.39 is 15.4 Å². The Kier molecular flexibility index (Phi) is 5.91. The molecule has 0 radical (unpaired) electrons. The van der Waals surface area contributed by atoms with Gasteiger partial charge in [0.05, 0.1) is 16.4 Å². The van der Waals surface area contributed by atoms with Crippen molar-refractivity contribution in [1.29, 1.82) is 0 Å². The lowest BCUT2D eigenvalue weighted by Gasteiger charge is -2.21. The average molecular weight is 401 g/mol. The maximum absolute atomic E-state index is 12.9. The van der Waals surface area contributed by atoms with Crippen molar-refractivity contribution in [2.75, 3.05) is 13.1 Å². The third-order valence-corrected chi connectivity index (χ3v) is 7.65. The molecular formula is C22H28N2O3S. The molecule has 0 bridgehead atoms. The first-order valence-corrected chi connectivity index (χ1v) is 11.3. The van der Waals surface area contributed by atoms with Gasteiger partial charge in [-0.05, 0) is 43.0 Å². The molecule has 150 valence electrons.